The first-order valence-corrected chi connectivity index (χ1v) is 11.9. The second-order valence-electron chi connectivity index (χ2n) is 10.2. The van der Waals surface area contributed by atoms with Crippen molar-refractivity contribution in [1.82, 2.24) is 9.78 Å². The average molecular weight is 477 g/mol. The molecule has 6 nitrogen and oxygen atoms in total. The van der Waals surface area contributed by atoms with Crippen LogP contribution in [0.5, 0.6) is 0 Å². The second-order valence-corrected chi connectivity index (χ2v) is 10.2. The molecule has 2 aliphatic rings. The van der Waals surface area contributed by atoms with E-state index >= 15 is 0 Å². The Hall–Kier alpha value is -3.29. The highest BCUT2D eigenvalue weighted by Gasteiger charge is 2.55. The van der Waals surface area contributed by atoms with E-state index in [0.29, 0.717) is 31.2 Å². The number of hydrogen-bond acceptors (Lipinski definition) is 4. The lowest BCUT2D eigenvalue weighted by atomic mass is 9.65. The molecule has 0 aliphatic heterocycles. The van der Waals surface area contributed by atoms with Crippen LogP contribution >= 0.6 is 0 Å². The van der Waals surface area contributed by atoms with E-state index < -0.39 is 22.6 Å². The van der Waals surface area contributed by atoms with Crippen LogP contribution in [0.15, 0.2) is 60.3 Å². The van der Waals surface area contributed by atoms with Crippen LogP contribution in [-0.2, 0) is 23.2 Å². The Balaban J connectivity index is 1.43. The standard InChI is InChI=1S/C28H29FN2O4/c1-26-16-19-17-30-31(22-9-7-21(29)8-10-22)24(19)15-20(26)12-14-28(26,35)13-11-18-5-3-4-6-23(18)27(2,34)25(32)33/h3-10,15,17,34-35H,11-14,16H2,1-2H3,(H,32,33)/t26-,27?,28-/m0/s1. The summed E-state index contributed by atoms with van der Waals surface area (Å²) < 4.78 is 15.2. The van der Waals surface area contributed by atoms with Gasteiger partial charge in [-0.3, -0.25) is 0 Å². The van der Waals surface area contributed by atoms with Gasteiger partial charge in [-0.05, 0) is 86.1 Å². The largest absolute Gasteiger partial charge is 0.479 e. The molecule has 0 spiro atoms. The van der Waals surface area contributed by atoms with Gasteiger partial charge in [-0.15, -0.1) is 0 Å². The van der Waals surface area contributed by atoms with Crippen LogP contribution in [0.2, 0.25) is 0 Å². The summed E-state index contributed by atoms with van der Waals surface area (Å²) in [7, 11) is 0. The first kappa shape index (κ1) is 23.5. The number of aryl methyl sites for hydroxylation is 1. The third-order valence-corrected chi connectivity index (χ3v) is 8.12. The molecule has 7 heteroatoms. The summed E-state index contributed by atoms with van der Waals surface area (Å²) in [5.74, 6) is -1.60. The summed E-state index contributed by atoms with van der Waals surface area (Å²) in [6.45, 7) is 3.37. The summed E-state index contributed by atoms with van der Waals surface area (Å²) in [6, 6.07) is 13.2. The molecule has 1 heterocycles. The molecule has 0 saturated heterocycles. The highest BCUT2D eigenvalue weighted by Crippen LogP contribution is 2.57. The van der Waals surface area contributed by atoms with Crippen LogP contribution < -0.4 is 0 Å². The summed E-state index contributed by atoms with van der Waals surface area (Å²) in [5.41, 5.74) is 1.50. The molecule has 1 saturated carbocycles. The Morgan fingerprint density at radius 3 is 2.63 bits per heavy atom. The fourth-order valence-corrected chi connectivity index (χ4v) is 5.79. The van der Waals surface area contributed by atoms with Crippen molar-refractivity contribution in [3.8, 4) is 5.69 Å². The molecular weight excluding hydrogens is 447 g/mol. The smallest absolute Gasteiger partial charge is 0.340 e. The first-order valence-electron chi connectivity index (χ1n) is 11.9. The number of carboxylic acid groups (broad SMARTS) is 1. The van der Waals surface area contributed by atoms with Crippen molar-refractivity contribution in [2.45, 2.75) is 57.2 Å². The molecule has 0 amide bonds. The van der Waals surface area contributed by atoms with Crippen LogP contribution in [0.1, 0.15) is 55.5 Å². The molecule has 0 radical (unpaired) electrons. The Bertz CT molecular complexity index is 1330. The van der Waals surface area contributed by atoms with Crippen LogP contribution in [0.3, 0.4) is 0 Å². The van der Waals surface area contributed by atoms with E-state index in [1.54, 1.807) is 24.3 Å². The number of carbonyl (C=O) groups is 1. The molecule has 3 N–H and O–H groups in total. The number of carboxylic acids is 1. The maximum atomic E-state index is 13.4. The van der Waals surface area contributed by atoms with Gasteiger partial charge in [0.15, 0.2) is 5.60 Å². The van der Waals surface area contributed by atoms with Gasteiger partial charge in [0.05, 0.1) is 23.2 Å². The van der Waals surface area contributed by atoms with E-state index in [4.69, 9.17) is 0 Å². The Morgan fingerprint density at radius 2 is 1.91 bits per heavy atom. The topological polar surface area (TPSA) is 95.6 Å². The number of fused-ring (bicyclic) bond motifs is 2. The molecule has 2 aromatic carbocycles. The van der Waals surface area contributed by atoms with E-state index in [0.717, 1.165) is 34.5 Å². The Morgan fingerprint density at radius 1 is 1.20 bits per heavy atom. The SMILES string of the molecule is CC(O)(C(=O)O)c1ccccc1CC[C@]1(O)CCC2=Cc3c(cnn3-c3ccc(F)cc3)C[C@@]21C. The maximum Gasteiger partial charge on any atom is 0.340 e. The average Bonchev–Trinajstić information content (AvgIpc) is 3.34. The molecule has 0 bridgehead atoms. The lowest BCUT2D eigenvalue weighted by Crippen LogP contribution is -2.45. The van der Waals surface area contributed by atoms with Gasteiger partial charge in [-0.25, -0.2) is 13.9 Å². The van der Waals surface area contributed by atoms with Crippen LogP contribution in [0, 0.1) is 11.2 Å². The van der Waals surface area contributed by atoms with Crippen molar-refractivity contribution in [3.63, 3.8) is 0 Å². The number of aromatic nitrogens is 2. The third kappa shape index (κ3) is 3.70. The fraction of sp³-hybridized carbons (Fsp3) is 0.357. The van der Waals surface area contributed by atoms with Crippen molar-refractivity contribution in [2.75, 3.05) is 0 Å². The molecule has 3 atom stereocenters. The van der Waals surface area contributed by atoms with E-state index in [-0.39, 0.29) is 5.82 Å². The van der Waals surface area contributed by atoms with Crippen molar-refractivity contribution < 1.29 is 24.5 Å². The number of aliphatic hydroxyl groups is 2. The zero-order valence-electron chi connectivity index (χ0n) is 19.8. The monoisotopic (exact) mass is 476 g/mol. The molecule has 1 unspecified atom stereocenters. The van der Waals surface area contributed by atoms with E-state index in [2.05, 4.69) is 18.1 Å². The highest BCUT2D eigenvalue weighted by molar-refractivity contribution is 5.79. The normalized spacial score (nSPS) is 24.9. The lowest BCUT2D eigenvalue weighted by molar-refractivity contribution is -0.157. The lowest BCUT2D eigenvalue weighted by Gasteiger charge is -2.42. The molecule has 1 fully saturated rings. The van der Waals surface area contributed by atoms with Crippen molar-refractivity contribution in [2.24, 2.45) is 5.41 Å². The minimum absolute atomic E-state index is 0.298. The van der Waals surface area contributed by atoms with Gasteiger partial charge in [0.25, 0.3) is 0 Å². The second kappa shape index (κ2) is 8.14. The van der Waals surface area contributed by atoms with Crippen LogP contribution in [0.25, 0.3) is 11.8 Å². The Kier molecular flexibility index (Phi) is 5.45. The maximum absolute atomic E-state index is 13.4. The number of benzene rings is 2. The van der Waals surface area contributed by atoms with E-state index in [1.807, 2.05) is 23.0 Å². The zero-order chi connectivity index (χ0) is 25.0. The van der Waals surface area contributed by atoms with E-state index in [1.165, 1.54) is 19.1 Å². The molecule has 182 valence electrons. The van der Waals surface area contributed by atoms with Crippen LogP contribution in [0.4, 0.5) is 4.39 Å². The van der Waals surface area contributed by atoms with Crippen molar-refractivity contribution >= 4 is 12.0 Å². The number of halogens is 1. The first-order chi connectivity index (χ1) is 16.5. The highest BCUT2D eigenvalue weighted by atomic mass is 19.1. The van der Waals surface area contributed by atoms with Gasteiger partial charge in [-0.2, -0.15) is 5.10 Å². The molecule has 2 aliphatic carbocycles. The van der Waals surface area contributed by atoms with Gasteiger partial charge >= 0.3 is 5.97 Å². The van der Waals surface area contributed by atoms with Gasteiger partial charge in [0.2, 0.25) is 0 Å². The van der Waals surface area contributed by atoms with Gasteiger partial charge in [0, 0.05) is 5.41 Å². The predicted molar refractivity (Wildman–Crippen MR) is 129 cm³/mol. The molecule has 5 rings (SSSR count). The van der Waals surface area contributed by atoms with Crippen LogP contribution in [-0.4, -0.2) is 36.7 Å². The quantitative estimate of drug-likeness (QED) is 0.490. The summed E-state index contributed by atoms with van der Waals surface area (Å²) in [6.07, 6.45) is 6.78. The van der Waals surface area contributed by atoms with Crippen molar-refractivity contribution in [3.05, 3.63) is 88.5 Å². The Labute approximate surface area is 203 Å². The number of hydrogen-bond donors (Lipinski definition) is 3. The summed E-state index contributed by atoms with van der Waals surface area (Å²) >= 11 is 0. The molecular formula is C28H29FN2O4. The molecule has 35 heavy (non-hydrogen) atoms. The zero-order valence-corrected chi connectivity index (χ0v) is 19.8. The third-order valence-electron chi connectivity index (χ3n) is 8.12. The minimum Gasteiger partial charge on any atom is -0.479 e. The van der Waals surface area contributed by atoms with Crippen molar-refractivity contribution in [1.29, 1.82) is 0 Å². The summed E-state index contributed by atoms with van der Waals surface area (Å²) in [4.78, 5) is 11.6. The van der Waals surface area contributed by atoms with Gasteiger partial charge < -0.3 is 15.3 Å². The number of nitrogens with zero attached hydrogens (tertiary/aromatic N) is 2. The summed E-state index contributed by atoms with van der Waals surface area (Å²) in [5, 5.41) is 36.5. The minimum atomic E-state index is -2.00. The van der Waals surface area contributed by atoms with E-state index in [9.17, 15) is 24.5 Å². The van der Waals surface area contributed by atoms with Gasteiger partial charge in [0.1, 0.15) is 5.82 Å². The fourth-order valence-electron chi connectivity index (χ4n) is 5.79. The molecule has 1 aromatic heterocycles. The predicted octanol–water partition coefficient (Wildman–Crippen LogP) is 4.41. The number of aliphatic carboxylic acids is 1. The van der Waals surface area contributed by atoms with Gasteiger partial charge in [-0.1, -0.05) is 36.8 Å². The molecule has 3 aromatic rings. The number of rotatable bonds is 6.